The number of thiophene rings is 1. The van der Waals surface area contributed by atoms with Gasteiger partial charge >= 0.3 is 0 Å². The fourth-order valence-electron chi connectivity index (χ4n) is 1.72. The van der Waals surface area contributed by atoms with Crippen molar-refractivity contribution in [3.05, 3.63) is 57.8 Å². The summed E-state index contributed by atoms with van der Waals surface area (Å²) in [5.74, 6) is 0. The largest absolute Gasteiger partial charge is 0.305 e. The Morgan fingerprint density at radius 1 is 1.25 bits per heavy atom. The molecule has 0 saturated carbocycles. The minimum absolute atomic E-state index is 0.405. The maximum absolute atomic E-state index is 3.54. The summed E-state index contributed by atoms with van der Waals surface area (Å²) in [5.41, 5.74) is 2.68. The van der Waals surface area contributed by atoms with Crippen LogP contribution in [0.3, 0.4) is 0 Å². The molecule has 1 nitrogen and oxygen atoms in total. The molecule has 84 valence electrons. The summed E-state index contributed by atoms with van der Waals surface area (Å²) < 4.78 is 0. The first-order valence-electron chi connectivity index (χ1n) is 5.58. The zero-order chi connectivity index (χ0) is 11.4. The Balaban J connectivity index is 1.95. The molecule has 0 fully saturated rings. The third-order valence-corrected chi connectivity index (χ3v) is 3.58. The van der Waals surface area contributed by atoms with Gasteiger partial charge in [0.25, 0.3) is 0 Å². The van der Waals surface area contributed by atoms with Crippen molar-refractivity contribution in [3.63, 3.8) is 0 Å². The van der Waals surface area contributed by atoms with E-state index in [4.69, 9.17) is 0 Å². The van der Waals surface area contributed by atoms with Gasteiger partial charge in [-0.2, -0.15) is 0 Å². The second-order valence-corrected chi connectivity index (χ2v) is 5.13. The summed E-state index contributed by atoms with van der Waals surface area (Å²) in [6.45, 7) is 5.30. The van der Waals surface area contributed by atoms with Gasteiger partial charge in [-0.05, 0) is 30.9 Å². The molecule has 16 heavy (non-hydrogen) atoms. The van der Waals surface area contributed by atoms with Gasteiger partial charge in [0.15, 0.2) is 0 Å². The van der Waals surface area contributed by atoms with Gasteiger partial charge in [0.05, 0.1) is 0 Å². The van der Waals surface area contributed by atoms with Crippen LogP contribution in [0.5, 0.6) is 0 Å². The Kier molecular flexibility index (Phi) is 3.75. The molecule has 2 heteroatoms. The van der Waals surface area contributed by atoms with Crippen LogP contribution < -0.4 is 5.32 Å². The van der Waals surface area contributed by atoms with Crippen LogP contribution in [0.2, 0.25) is 0 Å². The monoisotopic (exact) mass is 231 g/mol. The molecule has 0 aliphatic rings. The first-order valence-corrected chi connectivity index (χ1v) is 6.46. The van der Waals surface area contributed by atoms with Crippen molar-refractivity contribution in [2.75, 3.05) is 0 Å². The molecule has 0 spiro atoms. The predicted octanol–water partition coefficient (Wildman–Crippen LogP) is 3.91. The highest BCUT2D eigenvalue weighted by atomic mass is 32.1. The minimum atomic E-state index is 0.405. The number of nitrogens with one attached hydrogen (secondary N) is 1. The van der Waals surface area contributed by atoms with Crippen molar-refractivity contribution >= 4 is 11.3 Å². The van der Waals surface area contributed by atoms with E-state index in [9.17, 15) is 0 Å². The van der Waals surface area contributed by atoms with E-state index in [0.717, 1.165) is 6.54 Å². The third-order valence-electron chi connectivity index (χ3n) is 2.70. The van der Waals surface area contributed by atoms with Gasteiger partial charge in [0.1, 0.15) is 0 Å². The molecule has 1 heterocycles. The predicted molar refractivity (Wildman–Crippen MR) is 70.8 cm³/mol. The average molecular weight is 231 g/mol. The first kappa shape index (κ1) is 11.4. The van der Waals surface area contributed by atoms with Gasteiger partial charge in [-0.1, -0.05) is 35.9 Å². The molecule has 0 aliphatic heterocycles. The summed E-state index contributed by atoms with van der Waals surface area (Å²) in [6.07, 6.45) is 0. The van der Waals surface area contributed by atoms with Crippen molar-refractivity contribution in [1.29, 1.82) is 0 Å². The van der Waals surface area contributed by atoms with Crippen LogP contribution in [0, 0.1) is 6.92 Å². The van der Waals surface area contributed by atoms with E-state index in [1.807, 2.05) is 0 Å². The summed E-state index contributed by atoms with van der Waals surface area (Å²) in [4.78, 5) is 1.39. The van der Waals surface area contributed by atoms with E-state index in [2.05, 4.69) is 60.9 Å². The molecule has 2 rings (SSSR count). The van der Waals surface area contributed by atoms with Crippen LogP contribution in [0.25, 0.3) is 0 Å². The third kappa shape index (κ3) is 2.94. The summed E-state index contributed by atoms with van der Waals surface area (Å²) in [5, 5.41) is 5.66. The molecule has 0 saturated heterocycles. The fourth-order valence-corrected chi connectivity index (χ4v) is 2.38. The van der Waals surface area contributed by atoms with Crippen LogP contribution in [0.4, 0.5) is 0 Å². The Labute approximate surface area is 101 Å². The number of benzene rings is 1. The maximum Gasteiger partial charge on any atom is 0.0305 e. The summed E-state index contributed by atoms with van der Waals surface area (Å²) >= 11 is 1.80. The number of hydrogen-bond acceptors (Lipinski definition) is 2. The smallest absolute Gasteiger partial charge is 0.0305 e. The van der Waals surface area contributed by atoms with E-state index in [1.165, 1.54) is 16.0 Å². The molecule has 0 radical (unpaired) electrons. The SMILES string of the molecule is Cc1cccc([C@@H](C)NCc2cccs2)c1. The van der Waals surface area contributed by atoms with Gasteiger partial charge in [0.2, 0.25) is 0 Å². The Bertz CT molecular complexity index is 434. The Morgan fingerprint density at radius 3 is 2.81 bits per heavy atom. The molecule has 1 aromatic carbocycles. The van der Waals surface area contributed by atoms with Crippen molar-refractivity contribution in [2.45, 2.75) is 26.4 Å². The van der Waals surface area contributed by atoms with E-state index in [1.54, 1.807) is 11.3 Å². The highest BCUT2D eigenvalue weighted by Gasteiger charge is 2.04. The summed E-state index contributed by atoms with van der Waals surface area (Å²) in [6, 6.07) is 13.3. The normalized spacial score (nSPS) is 12.6. The van der Waals surface area contributed by atoms with Crippen LogP contribution in [0.1, 0.15) is 29.0 Å². The molecule has 0 aliphatic carbocycles. The van der Waals surface area contributed by atoms with Gasteiger partial charge in [-0.25, -0.2) is 0 Å². The lowest BCUT2D eigenvalue weighted by Crippen LogP contribution is -2.17. The zero-order valence-corrected chi connectivity index (χ0v) is 10.6. The highest BCUT2D eigenvalue weighted by molar-refractivity contribution is 7.09. The van der Waals surface area contributed by atoms with Crippen LogP contribution in [-0.4, -0.2) is 0 Å². The van der Waals surface area contributed by atoms with Crippen molar-refractivity contribution < 1.29 is 0 Å². The van der Waals surface area contributed by atoms with E-state index in [0.29, 0.717) is 6.04 Å². The molecular weight excluding hydrogens is 214 g/mol. The van der Waals surface area contributed by atoms with E-state index < -0.39 is 0 Å². The molecule has 1 atom stereocenters. The lowest BCUT2D eigenvalue weighted by atomic mass is 10.1. The van der Waals surface area contributed by atoms with E-state index in [-0.39, 0.29) is 0 Å². The standard InChI is InChI=1S/C14H17NS/c1-11-5-3-6-13(9-11)12(2)15-10-14-7-4-8-16-14/h3-9,12,15H,10H2,1-2H3/t12-/m1/s1. The van der Waals surface area contributed by atoms with Gasteiger partial charge in [-0.15, -0.1) is 11.3 Å². The van der Waals surface area contributed by atoms with Gasteiger partial charge in [0, 0.05) is 17.5 Å². The second kappa shape index (κ2) is 5.28. The number of hydrogen-bond donors (Lipinski definition) is 1. The highest BCUT2D eigenvalue weighted by Crippen LogP contribution is 2.15. The molecule has 2 aromatic rings. The quantitative estimate of drug-likeness (QED) is 0.841. The van der Waals surface area contributed by atoms with Crippen molar-refractivity contribution in [2.24, 2.45) is 0 Å². The van der Waals surface area contributed by atoms with Gasteiger partial charge in [-0.3, -0.25) is 0 Å². The second-order valence-electron chi connectivity index (χ2n) is 4.10. The first-order chi connectivity index (χ1) is 7.75. The molecule has 1 aromatic heterocycles. The topological polar surface area (TPSA) is 12.0 Å². The lowest BCUT2D eigenvalue weighted by Gasteiger charge is -2.14. The Hall–Kier alpha value is -1.12. The molecule has 0 amide bonds. The fraction of sp³-hybridized carbons (Fsp3) is 0.286. The minimum Gasteiger partial charge on any atom is -0.305 e. The molecule has 0 bridgehead atoms. The van der Waals surface area contributed by atoms with E-state index >= 15 is 0 Å². The molecule has 1 N–H and O–H groups in total. The van der Waals surface area contributed by atoms with Gasteiger partial charge < -0.3 is 5.32 Å². The zero-order valence-electron chi connectivity index (χ0n) is 9.73. The van der Waals surface area contributed by atoms with Crippen molar-refractivity contribution in [1.82, 2.24) is 5.32 Å². The maximum atomic E-state index is 3.54. The van der Waals surface area contributed by atoms with Crippen LogP contribution in [-0.2, 0) is 6.54 Å². The average Bonchev–Trinajstić information content (AvgIpc) is 2.78. The number of aryl methyl sites for hydroxylation is 1. The Morgan fingerprint density at radius 2 is 2.12 bits per heavy atom. The number of rotatable bonds is 4. The lowest BCUT2D eigenvalue weighted by molar-refractivity contribution is 0.578. The molecule has 0 unspecified atom stereocenters. The van der Waals surface area contributed by atoms with Crippen LogP contribution in [0.15, 0.2) is 41.8 Å². The van der Waals surface area contributed by atoms with Crippen molar-refractivity contribution in [3.8, 4) is 0 Å². The summed E-state index contributed by atoms with van der Waals surface area (Å²) in [7, 11) is 0. The van der Waals surface area contributed by atoms with Crippen LogP contribution >= 0.6 is 11.3 Å². The molecular formula is C14H17NS.